The van der Waals surface area contributed by atoms with Gasteiger partial charge in [0.2, 0.25) is 0 Å². The number of rotatable bonds is 4. The molecule has 0 aromatic heterocycles. The first-order valence-corrected chi connectivity index (χ1v) is 3.96. The summed E-state index contributed by atoms with van der Waals surface area (Å²) in [6.07, 6.45) is 0. The molecule has 13 heavy (non-hydrogen) atoms. The van der Waals surface area contributed by atoms with Crippen molar-refractivity contribution in [1.82, 2.24) is 0 Å². The molecule has 0 amide bonds. The van der Waals surface area contributed by atoms with Crippen LogP contribution in [-0.2, 0) is 19.1 Å². The van der Waals surface area contributed by atoms with Crippen LogP contribution in [0.5, 0.6) is 0 Å². The van der Waals surface area contributed by atoms with Crippen LogP contribution in [0.4, 0.5) is 0 Å². The van der Waals surface area contributed by atoms with Gasteiger partial charge in [0.05, 0.1) is 13.2 Å². The quantitative estimate of drug-likeness (QED) is 0.365. The van der Waals surface area contributed by atoms with Gasteiger partial charge in [0.1, 0.15) is 0 Å². The number of carbonyl (C=O) groups is 2. The minimum atomic E-state index is -0.815. The molecule has 4 nitrogen and oxygen atoms in total. The van der Waals surface area contributed by atoms with E-state index in [0.717, 1.165) is 0 Å². The summed E-state index contributed by atoms with van der Waals surface area (Å²) in [5, 5.41) is 0. The number of hydrogen-bond acceptors (Lipinski definition) is 4. The first-order chi connectivity index (χ1) is 5.63. The molecule has 0 aliphatic heterocycles. The van der Waals surface area contributed by atoms with Crippen LogP contribution in [0.3, 0.4) is 0 Å². The molecule has 0 N–H and O–H groups in total. The maximum absolute atomic E-state index is 10.9. The summed E-state index contributed by atoms with van der Waals surface area (Å²) >= 11 is 0. The van der Waals surface area contributed by atoms with E-state index >= 15 is 0 Å². The Morgan fingerprint density at radius 3 is 1.62 bits per heavy atom. The SMILES string of the molecule is CCOC(=O)C(C)C(=O)OCC.[NaH]. The van der Waals surface area contributed by atoms with Gasteiger partial charge in [0.15, 0.2) is 5.92 Å². The third kappa shape index (κ3) is 6.07. The van der Waals surface area contributed by atoms with Crippen molar-refractivity contribution in [2.75, 3.05) is 13.2 Å². The van der Waals surface area contributed by atoms with Crippen LogP contribution < -0.4 is 0 Å². The monoisotopic (exact) mass is 198 g/mol. The molecule has 72 valence electrons. The molecule has 0 unspecified atom stereocenters. The Morgan fingerprint density at radius 2 is 1.38 bits per heavy atom. The molecule has 0 bridgehead atoms. The Bertz CT molecular complexity index is 152. The van der Waals surface area contributed by atoms with Gasteiger partial charge < -0.3 is 9.47 Å². The number of ether oxygens (including phenoxy) is 2. The molecule has 0 aromatic rings. The Hall–Kier alpha value is -0.0600. The van der Waals surface area contributed by atoms with Gasteiger partial charge in [0.25, 0.3) is 0 Å². The van der Waals surface area contributed by atoms with E-state index < -0.39 is 17.9 Å². The zero-order valence-corrected chi connectivity index (χ0v) is 7.62. The van der Waals surface area contributed by atoms with Crippen LogP contribution in [0.25, 0.3) is 0 Å². The average molecular weight is 198 g/mol. The zero-order chi connectivity index (χ0) is 9.56. The molecule has 0 saturated heterocycles. The fraction of sp³-hybridized carbons (Fsp3) is 0.750. The van der Waals surface area contributed by atoms with E-state index in [0.29, 0.717) is 0 Å². The van der Waals surface area contributed by atoms with E-state index in [2.05, 4.69) is 9.47 Å². The molecule has 0 atom stereocenters. The third-order valence-electron chi connectivity index (χ3n) is 1.28. The van der Waals surface area contributed by atoms with Crippen molar-refractivity contribution in [1.29, 1.82) is 0 Å². The average Bonchev–Trinajstić information content (AvgIpc) is 2.04. The van der Waals surface area contributed by atoms with Crippen molar-refractivity contribution in [2.24, 2.45) is 5.92 Å². The van der Waals surface area contributed by atoms with Crippen molar-refractivity contribution < 1.29 is 19.1 Å². The van der Waals surface area contributed by atoms with Gasteiger partial charge in [-0.15, -0.1) is 0 Å². The summed E-state index contributed by atoms with van der Waals surface area (Å²) in [4.78, 5) is 21.9. The fourth-order valence-electron chi connectivity index (χ4n) is 0.631. The van der Waals surface area contributed by atoms with E-state index in [1.54, 1.807) is 13.8 Å². The molecule has 0 radical (unpaired) electrons. The maximum atomic E-state index is 10.9. The predicted molar refractivity (Wildman–Crippen MR) is 49.6 cm³/mol. The van der Waals surface area contributed by atoms with Crippen molar-refractivity contribution in [3.05, 3.63) is 0 Å². The second-order valence-electron chi connectivity index (χ2n) is 2.23. The van der Waals surface area contributed by atoms with Crippen molar-refractivity contribution >= 4 is 41.5 Å². The van der Waals surface area contributed by atoms with Gasteiger partial charge in [-0.2, -0.15) is 0 Å². The van der Waals surface area contributed by atoms with Crippen LogP contribution in [0, 0.1) is 5.92 Å². The van der Waals surface area contributed by atoms with Crippen LogP contribution in [0.15, 0.2) is 0 Å². The molecule has 0 aliphatic rings. The predicted octanol–water partition coefficient (Wildman–Crippen LogP) is 0.100. The topological polar surface area (TPSA) is 52.6 Å². The first-order valence-electron chi connectivity index (χ1n) is 3.96. The molecule has 0 aliphatic carbocycles. The minimum absolute atomic E-state index is 0. The molecule has 0 heterocycles. The Balaban J connectivity index is 0. The molecule has 5 heteroatoms. The van der Waals surface area contributed by atoms with Gasteiger partial charge in [-0.05, 0) is 20.8 Å². The number of esters is 2. The van der Waals surface area contributed by atoms with E-state index in [-0.39, 0.29) is 42.8 Å². The van der Waals surface area contributed by atoms with E-state index in [1.165, 1.54) is 6.92 Å². The molecule has 0 aromatic carbocycles. The van der Waals surface area contributed by atoms with E-state index in [1.807, 2.05) is 0 Å². The Morgan fingerprint density at radius 1 is 1.08 bits per heavy atom. The van der Waals surface area contributed by atoms with Gasteiger partial charge in [-0.3, -0.25) is 9.59 Å². The molecule has 0 saturated carbocycles. The summed E-state index contributed by atoms with van der Waals surface area (Å²) in [6.45, 7) is 5.41. The summed E-state index contributed by atoms with van der Waals surface area (Å²) < 4.78 is 9.26. The van der Waals surface area contributed by atoms with E-state index in [9.17, 15) is 9.59 Å². The van der Waals surface area contributed by atoms with Crippen molar-refractivity contribution in [2.45, 2.75) is 20.8 Å². The molecule has 0 spiro atoms. The Kier molecular flexibility index (Phi) is 10.1. The molecule has 0 rings (SSSR count). The van der Waals surface area contributed by atoms with Crippen LogP contribution in [0.1, 0.15) is 20.8 Å². The van der Waals surface area contributed by atoms with Crippen molar-refractivity contribution in [3.8, 4) is 0 Å². The van der Waals surface area contributed by atoms with Gasteiger partial charge in [0, 0.05) is 0 Å². The number of hydrogen-bond donors (Lipinski definition) is 0. The second kappa shape index (κ2) is 8.53. The van der Waals surface area contributed by atoms with Gasteiger partial charge in [-0.25, -0.2) is 0 Å². The van der Waals surface area contributed by atoms with Crippen LogP contribution in [-0.4, -0.2) is 54.7 Å². The van der Waals surface area contributed by atoms with E-state index in [4.69, 9.17) is 0 Å². The molecular weight excluding hydrogens is 183 g/mol. The van der Waals surface area contributed by atoms with Gasteiger partial charge >= 0.3 is 41.5 Å². The number of carbonyl (C=O) groups excluding carboxylic acids is 2. The van der Waals surface area contributed by atoms with Crippen LogP contribution >= 0.6 is 0 Å². The third-order valence-corrected chi connectivity index (χ3v) is 1.28. The second-order valence-corrected chi connectivity index (χ2v) is 2.23. The van der Waals surface area contributed by atoms with Crippen LogP contribution in [0.2, 0.25) is 0 Å². The zero-order valence-electron chi connectivity index (χ0n) is 7.62. The standard InChI is InChI=1S/C8H14O4.Na.H/c1-4-11-7(9)6(3)8(10)12-5-2;;/h6H,4-5H2,1-3H3;;. The molecule has 0 fully saturated rings. The summed E-state index contributed by atoms with van der Waals surface area (Å²) in [5.74, 6) is -1.88. The summed E-state index contributed by atoms with van der Waals surface area (Å²) in [5.41, 5.74) is 0. The normalized spacial score (nSPS) is 8.92. The molecular formula is C8H15NaO4. The summed E-state index contributed by atoms with van der Waals surface area (Å²) in [6, 6.07) is 0. The Labute approximate surface area is 100 Å². The van der Waals surface area contributed by atoms with Crippen molar-refractivity contribution in [3.63, 3.8) is 0 Å². The first kappa shape index (κ1) is 15.4. The van der Waals surface area contributed by atoms with Gasteiger partial charge in [-0.1, -0.05) is 0 Å². The summed E-state index contributed by atoms with van der Waals surface area (Å²) in [7, 11) is 0. The fourth-order valence-corrected chi connectivity index (χ4v) is 0.631.